The quantitative estimate of drug-likeness (QED) is 0.892. The fourth-order valence-corrected chi connectivity index (χ4v) is 2.98. The first-order valence-corrected chi connectivity index (χ1v) is 8.13. The summed E-state index contributed by atoms with van der Waals surface area (Å²) in [6.07, 6.45) is 14.1. The fraction of sp³-hybridized carbons (Fsp3) is 0.105. The number of allylic oxidation sites excluding steroid dienone is 3. The normalized spacial score (nSPS) is 18.1. The molecule has 1 unspecified atom stereocenters. The molecular weight excluding hydrogens is 314 g/mol. The van der Waals surface area contributed by atoms with E-state index in [1.165, 1.54) is 0 Å². The second-order valence-corrected chi connectivity index (χ2v) is 5.81. The van der Waals surface area contributed by atoms with Crippen LogP contribution in [0.4, 0.5) is 5.82 Å². The lowest BCUT2D eigenvalue weighted by Gasteiger charge is -2.25. The number of amides is 1. The summed E-state index contributed by atoms with van der Waals surface area (Å²) in [7, 11) is 0. The maximum absolute atomic E-state index is 12.7. The van der Waals surface area contributed by atoms with Crippen molar-refractivity contribution >= 4 is 11.7 Å². The zero-order chi connectivity index (χ0) is 17.1. The third-order valence-corrected chi connectivity index (χ3v) is 4.13. The maximum atomic E-state index is 12.7. The molecule has 0 bridgehead atoms. The second kappa shape index (κ2) is 6.60. The maximum Gasteiger partial charge on any atom is 0.275 e. The van der Waals surface area contributed by atoms with Gasteiger partial charge in [-0.3, -0.25) is 4.79 Å². The summed E-state index contributed by atoms with van der Waals surface area (Å²) in [6, 6.07) is 9.46. The van der Waals surface area contributed by atoms with Gasteiger partial charge in [0.05, 0.1) is 5.70 Å². The average molecular weight is 332 g/mol. The van der Waals surface area contributed by atoms with Gasteiger partial charge in [-0.05, 0) is 30.4 Å². The number of carbonyl (C=O) groups is 1. The molecular formula is C19H18N5O+. The molecule has 0 aliphatic carbocycles. The van der Waals surface area contributed by atoms with Gasteiger partial charge in [0.1, 0.15) is 17.7 Å². The van der Waals surface area contributed by atoms with E-state index in [0.717, 1.165) is 17.7 Å². The number of anilines is 1. The molecule has 6 nitrogen and oxygen atoms in total. The Morgan fingerprint density at radius 3 is 3.04 bits per heavy atom. The van der Waals surface area contributed by atoms with E-state index >= 15 is 0 Å². The second-order valence-electron chi connectivity index (χ2n) is 5.81. The number of nitrogens with one attached hydrogen (secondary N) is 3. The largest absolute Gasteiger partial charge is 0.358 e. The van der Waals surface area contributed by atoms with Crippen molar-refractivity contribution in [3.8, 4) is 0 Å². The minimum atomic E-state index is -0.194. The van der Waals surface area contributed by atoms with Crippen LogP contribution in [-0.2, 0) is 11.2 Å². The minimum absolute atomic E-state index is 0.0171. The highest BCUT2D eigenvalue weighted by molar-refractivity contribution is 6.04. The van der Waals surface area contributed by atoms with Crippen LogP contribution in [0.3, 0.4) is 0 Å². The van der Waals surface area contributed by atoms with Gasteiger partial charge in [-0.15, -0.1) is 0 Å². The average Bonchev–Trinajstić information content (AvgIpc) is 3.02. The zero-order valence-electron chi connectivity index (χ0n) is 13.5. The Kier molecular flexibility index (Phi) is 4.00. The summed E-state index contributed by atoms with van der Waals surface area (Å²) in [5.74, 6) is 0.339. The number of aromatic nitrogens is 2. The molecule has 0 saturated heterocycles. The number of hydrogen-bond acceptors (Lipinski definition) is 4. The molecule has 4 heterocycles. The lowest BCUT2D eigenvalue weighted by molar-refractivity contribution is -0.378. The van der Waals surface area contributed by atoms with Crippen LogP contribution in [0.2, 0.25) is 0 Å². The van der Waals surface area contributed by atoms with Crippen LogP contribution in [0.1, 0.15) is 5.56 Å². The van der Waals surface area contributed by atoms with E-state index < -0.39 is 0 Å². The molecule has 1 amide bonds. The molecule has 0 fully saturated rings. The lowest BCUT2D eigenvalue weighted by atomic mass is 10.1. The number of nitrogens with zero attached hydrogens (tertiary/aromatic N) is 2. The third-order valence-electron chi connectivity index (χ3n) is 4.13. The Balaban J connectivity index is 1.56. The van der Waals surface area contributed by atoms with E-state index in [4.69, 9.17) is 0 Å². The SMILES string of the molecule is O=C(Nc1ccccn1)C1=C2C=CC=CN2C(Cc2ccc[nH+]c2)N1. The Morgan fingerprint density at radius 1 is 1.28 bits per heavy atom. The van der Waals surface area contributed by atoms with Gasteiger partial charge in [0.2, 0.25) is 0 Å². The summed E-state index contributed by atoms with van der Waals surface area (Å²) < 4.78 is 0. The summed E-state index contributed by atoms with van der Waals surface area (Å²) >= 11 is 0. The lowest BCUT2D eigenvalue weighted by Crippen LogP contribution is -2.37. The molecule has 2 aliphatic rings. The van der Waals surface area contributed by atoms with E-state index in [1.54, 1.807) is 12.3 Å². The van der Waals surface area contributed by atoms with Crippen LogP contribution < -0.4 is 15.6 Å². The first-order valence-electron chi connectivity index (χ1n) is 8.13. The van der Waals surface area contributed by atoms with Gasteiger partial charge in [-0.1, -0.05) is 12.1 Å². The van der Waals surface area contributed by atoms with Gasteiger partial charge < -0.3 is 15.5 Å². The van der Waals surface area contributed by atoms with Crippen LogP contribution in [-0.4, -0.2) is 22.0 Å². The number of carbonyl (C=O) groups excluding carboxylic acids is 1. The van der Waals surface area contributed by atoms with Gasteiger partial charge >= 0.3 is 0 Å². The van der Waals surface area contributed by atoms with Crippen molar-refractivity contribution in [1.29, 1.82) is 0 Å². The van der Waals surface area contributed by atoms with Crippen molar-refractivity contribution in [2.24, 2.45) is 0 Å². The van der Waals surface area contributed by atoms with Crippen LogP contribution in [0.15, 0.2) is 84.7 Å². The van der Waals surface area contributed by atoms with Gasteiger partial charge in [0.15, 0.2) is 12.4 Å². The molecule has 0 radical (unpaired) electrons. The number of aromatic amines is 1. The molecule has 0 spiro atoms. The fourth-order valence-electron chi connectivity index (χ4n) is 2.98. The first kappa shape index (κ1) is 15.1. The summed E-state index contributed by atoms with van der Waals surface area (Å²) in [5, 5.41) is 6.19. The summed E-state index contributed by atoms with van der Waals surface area (Å²) in [4.78, 5) is 22.0. The standard InChI is InChI=1S/C19H17N5O/c25-19(22-16-8-1-3-10-21-16)18-15-7-2-4-11-24(15)17(23-18)12-14-6-5-9-20-13-14/h1-11,13,17,23H,12H2,(H,21,22,25)/p+1. The summed E-state index contributed by atoms with van der Waals surface area (Å²) in [5.41, 5.74) is 2.57. The Bertz CT molecular complexity index is 858. The minimum Gasteiger partial charge on any atom is -0.358 e. The first-order chi connectivity index (χ1) is 12.3. The van der Waals surface area contributed by atoms with Gasteiger partial charge in [-0.2, -0.15) is 0 Å². The Morgan fingerprint density at radius 2 is 2.24 bits per heavy atom. The topological polar surface area (TPSA) is 71.4 Å². The predicted octanol–water partition coefficient (Wildman–Crippen LogP) is 1.60. The van der Waals surface area contributed by atoms with Gasteiger partial charge in [-0.25, -0.2) is 9.97 Å². The summed E-state index contributed by atoms with van der Waals surface area (Å²) in [6.45, 7) is 0. The molecule has 0 saturated carbocycles. The Labute approximate surface area is 145 Å². The number of fused-ring (bicyclic) bond motifs is 1. The van der Waals surface area contributed by atoms with Crippen molar-refractivity contribution in [3.63, 3.8) is 0 Å². The van der Waals surface area contributed by atoms with E-state index in [9.17, 15) is 4.79 Å². The number of pyridine rings is 2. The smallest absolute Gasteiger partial charge is 0.275 e. The molecule has 124 valence electrons. The van der Waals surface area contributed by atoms with Crippen LogP contribution in [0.5, 0.6) is 0 Å². The number of rotatable bonds is 4. The van der Waals surface area contributed by atoms with Crippen molar-refractivity contribution in [2.45, 2.75) is 12.6 Å². The molecule has 4 rings (SSSR count). The monoisotopic (exact) mass is 332 g/mol. The van der Waals surface area contributed by atoms with Gasteiger partial charge in [0, 0.05) is 30.4 Å². The highest BCUT2D eigenvalue weighted by Gasteiger charge is 2.33. The molecule has 2 aromatic heterocycles. The molecule has 2 aliphatic heterocycles. The molecule has 6 heteroatoms. The zero-order valence-corrected chi connectivity index (χ0v) is 13.5. The predicted molar refractivity (Wildman–Crippen MR) is 93.6 cm³/mol. The number of H-pyrrole nitrogens is 1. The van der Waals surface area contributed by atoms with Crippen molar-refractivity contribution < 1.29 is 9.78 Å². The molecule has 3 N–H and O–H groups in total. The molecule has 2 aromatic rings. The Hall–Kier alpha value is -3.41. The van der Waals surface area contributed by atoms with E-state index in [0.29, 0.717) is 11.5 Å². The number of hydrogen-bond donors (Lipinski definition) is 2. The molecule has 0 aromatic carbocycles. The molecule has 1 atom stereocenters. The van der Waals surface area contributed by atoms with Crippen LogP contribution in [0.25, 0.3) is 0 Å². The van der Waals surface area contributed by atoms with Gasteiger partial charge in [0.25, 0.3) is 5.91 Å². The van der Waals surface area contributed by atoms with E-state index in [-0.39, 0.29) is 12.1 Å². The van der Waals surface area contributed by atoms with Crippen LogP contribution >= 0.6 is 0 Å². The molecule has 25 heavy (non-hydrogen) atoms. The van der Waals surface area contributed by atoms with E-state index in [1.807, 2.05) is 55.0 Å². The van der Waals surface area contributed by atoms with Crippen molar-refractivity contribution in [1.82, 2.24) is 15.2 Å². The third kappa shape index (κ3) is 3.14. The van der Waals surface area contributed by atoms with Crippen molar-refractivity contribution in [2.75, 3.05) is 5.32 Å². The highest BCUT2D eigenvalue weighted by Crippen LogP contribution is 2.27. The van der Waals surface area contributed by atoms with Crippen LogP contribution in [0, 0.1) is 0 Å². The van der Waals surface area contributed by atoms with E-state index in [2.05, 4.69) is 31.6 Å². The highest BCUT2D eigenvalue weighted by atomic mass is 16.2. The van der Waals surface area contributed by atoms with Crippen molar-refractivity contribution in [3.05, 3.63) is 90.3 Å².